The summed E-state index contributed by atoms with van der Waals surface area (Å²) in [7, 11) is 3.62. The average Bonchev–Trinajstić information content (AvgIpc) is 3.12. The Kier molecular flexibility index (Phi) is 7.18. The molecular formula is C20H22N2O5S2. The lowest BCUT2D eigenvalue weighted by Crippen LogP contribution is -2.14. The SMILES string of the molecule is COCCS(=O)c1ccc(CC(=O)Nc2nc3cc(OC)c(OC)cc3s2)cc1. The maximum atomic E-state index is 12.4. The topological polar surface area (TPSA) is 86.8 Å². The minimum Gasteiger partial charge on any atom is -0.493 e. The third kappa shape index (κ3) is 5.31. The fourth-order valence-corrected chi connectivity index (χ4v) is 4.58. The fourth-order valence-electron chi connectivity index (χ4n) is 2.69. The van der Waals surface area contributed by atoms with Crippen LogP contribution in [-0.2, 0) is 26.8 Å². The van der Waals surface area contributed by atoms with Crippen LogP contribution >= 0.6 is 11.3 Å². The number of carbonyl (C=O) groups is 1. The number of benzene rings is 2. The third-order valence-corrected chi connectivity index (χ3v) is 6.43. The van der Waals surface area contributed by atoms with E-state index in [1.807, 2.05) is 18.2 Å². The molecule has 1 N–H and O–H groups in total. The van der Waals surface area contributed by atoms with Gasteiger partial charge < -0.3 is 19.5 Å². The summed E-state index contributed by atoms with van der Waals surface area (Å²) in [5, 5.41) is 3.34. The zero-order valence-corrected chi connectivity index (χ0v) is 18.0. The van der Waals surface area contributed by atoms with Crippen LogP contribution in [0.4, 0.5) is 5.13 Å². The molecule has 3 rings (SSSR count). The van der Waals surface area contributed by atoms with Gasteiger partial charge in [-0.15, -0.1) is 0 Å². The van der Waals surface area contributed by atoms with Gasteiger partial charge in [-0.25, -0.2) is 4.98 Å². The Morgan fingerprint density at radius 3 is 2.45 bits per heavy atom. The zero-order valence-electron chi connectivity index (χ0n) is 16.4. The predicted octanol–water partition coefficient (Wildman–Crippen LogP) is 3.25. The summed E-state index contributed by atoms with van der Waals surface area (Å²) in [6.45, 7) is 0.441. The van der Waals surface area contributed by atoms with Gasteiger partial charge in [-0.3, -0.25) is 9.00 Å². The largest absolute Gasteiger partial charge is 0.493 e. The van der Waals surface area contributed by atoms with Crippen LogP contribution in [0.25, 0.3) is 10.2 Å². The number of rotatable bonds is 9. The van der Waals surface area contributed by atoms with Gasteiger partial charge >= 0.3 is 0 Å². The Morgan fingerprint density at radius 2 is 1.79 bits per heavy atom. The number of carbonyl (C=O) groups excluding carboxylic acids is 1. The summed E-state index contributed by atoms with van der Waals surface area (Å²) in [6, 6.07) is 10.8. The second kappa shape index (κ2) is 9.82. The van der Waals surface area contributed by atoms with Crippen LogP contribution in [0.15, 0.2) is 41.3 Å². The van der Waals surface area contributed by atoms with Crippen LogP contribution in [-0.4, -0.2) is 48.8 Å². The number of hydrogen-bond donors (Lipinski definition) is 1. The molecule has 0 saturated carbocycles. The van der Waals surface area contributed by atoms with E-state index in [1.54, 1.807) is 39.5 Å². The van der Waals surface area contributed by atoms with Crippen molar-refractivity contribution < 1.29 is 23.2 Å². The van der Waals surface area contributed by atoms with Crippen LogP contribution in [0.5, 0.6) is 11.5 Å². The van der Waals surface area contributed by atoms with Gasteiger partial charge in [0.15, 0.2) is 16.6 Å². The lowest BCUT2D eigenvalue weighted by molar-refractivity contribution is -0.115. The van der Waals surface area contributed by atoms with Gasteiger partial charge in [0.2, 0.25) is 5.91 Å². The molecule has 0 aliphatic carbocycles. The Morgan fingerprint density at radius 1 is 1.10 bits per heavy atom. The van der Waals surface area contributed by atoms with Crippen molar-refractivity contribution in [1.29, 1.82) is 0 Å². The number of nitrogens with zero attached hydrogens (tertiary/aromatic N) is 1. The highest BCUT2D eigenvalue weighted by atomic mass is 32.2. The van der Waals surface area contributed by atoms with Gasteiger partial charge in [0, 0.05) is 24.1 Å². The molecule has 0 saturated heterocycles. The van der Waals surface area contributed by atoms with Crippen molar-refractivity contribution in [1.82, 2.24) is 4.98 Å². The van der Waals surface area contributed by atoms with Crippen LogP contribution in [0.1, 0.15) is 5.56 Å². The second-order valence-corrected chi connectivity index (χ2v) is 8.71. The van der Waals surface area contributed by atoms with E-state index in [1.165, 1.54) is 11.3 Å². The molecule has 3 aromatic rings. The van der Waals surface area contributed by atoms with Gasteiger partial charge in [0.25, 0.3) is 0 Å². The number of anilines is 1. The van der Waals surface area contributed by atoms with Crippen molar-refractivity contribution in [2.45, 2.75) is 11.3 Å². The number of ether oxygens (including phenoxy) is 3. The number of hydrogen-bond acceptors (Lipinski definition) is 7. The molecule has 1 heterocycles. The Balaban J connectivity index is 1.65. The maximum Gasteiger partial charge on any atom is 0.230 e. The summed E-state index contributed by atoms with van der Waals surface area (Å²) < 4.78 is 28.5. The number of aromatic nitrogens is 1. The smallest absolute Gasteiger partial charge is 0.230 e. The number of nitrogens with one attached hydrogen (secondary N) is 1. The highest BCUT2D eigenvalue weighted by Gasteiger charge is 2.13. The normalized spacial score (nSPS) is 12.0. The molecular weight excluding hydrogens is 412 g/mol. The standard InChI is InChI=1S/C20H22N2O5S2/c1-25-8-9-29(24)14-6-4-13(5-7-14)10-19(23)22-20-21-15-11-16(26-2)17(27-3)12-18(15)28-20/h4-7,11-12H,8-10H2,1-3H3,(H,21,22,23). The molecule has 154 valence electrons. The molecule has 1 unspecified atom stereocenters. The molecule has 2 aromatic carbocycles. The molecule has 0 fully saturated rings. The van der Waals surface area contributed by atoms with Crippen molar-refractivity contribution in [2.24, 2.45) is 0 Å². The highest BCUT2D eigenvalue weighted by molar-refractivity contribution is 7.85. The first kappa shape index (κ1) is 21.2. The number of thiazole rings is 1. The van der Waals surface area contributed by atoms with E-state index in [0.29, 0.717) is 29.0 Å². The van der Waals surface area contributed by atoms with Crippen molar-refractivity contribution in [2.75, 3.05) is 39.0 Å². The first-order valence-corrected chi connectivity index (χ1v) is 11.0. The summed E-state index contributed by atoms with van der Waals surface area (Å²) in [5.74, 6) is 1.48. The van der Waals surface area contributed by atoms with E-state index in [2.05, 4.69) is 10.3 Å². The summed E-state index contributed by atoms with van der Waals surface area (Å²) >= 11 is 1.37. The van der Waals surface area contributed by atoms with E-state index in [9.17, 15) is 9.00 Å². The Labute approximate surface area is 175 Å². The molecule has 0 aliphatic rings. The van der Waals surface area contributed by atoms with Crippen LogP contribution in [0.3, 0.4) is 0 Å². The monoisotopic (exact) mass is 434 g/mol. The first-order valence-electron chi connectivity index (χ1n) is 8.82. The van der Waals surface area contributed by atoms with Crippen molar-refractivity contribution in [3.05, 3.63) is 42.0 Å². The molecule has 1 amide bonds. The lowest BCUT2D eigenvalue weighted by Gasteiger charge is -2.05. The Hall–Kier alpha value is -2.49. The van der Waals surface area contributed by atoms with Crippen molar-refractivity contribution in [3.63, 3.8) is 0 Å². The van der Waals surface area contributed by atoms with Crippen LogP contribution in [0.2, 0.25) is 0 Å². The minimum absolute atomic E-state index is 0.170. The summed E-state index contributed by atoms with van der Waals surface area (Å²) in [4.78, 5) is 17.6. The summed E-state index contributed by atoms with van der Waals surface area (Å²) in [6.07, 6.45) is 0.202. The molecule has 9 heteroatoms. The maximum absolute atomic E-state index is 12.4. The molecule has 29 heavy (non-hydrogen) atoms. The molecule has 0 bridgehead atoms. The highest BCUT2D eigenvalue weighted by Crippen LogP contribution is 2.36. The van der Waals surface area contributed by atoms with E-state index < -0.39 is 10.8 Å². The fraction of sp³-hybridized carbons (Fsp3) is 0.300. The second-order valence-electron chi connectivity index (χ2n) is 6.11. The van der Waals surface area contributed by atoms with E-state index in [4.69, 9.17) is 14.2 Å². The van der Waals surface area contributed by atoms with E-state index >= 15 is 0 Å². The minimum atomic E-state index is -1.10. The van der Waals surface area contributed by atoms with Gasteiger partial charge in [-0.1, -0.05) is 23.5 Å². The average molecular weight is 435 g/mol. The molecule has 7 nitrogen and oxygen atoms in total. The van der Waals surface area contributed by atoms with E-state index in [-0.39, 0.29) is 12.3 Å². The molecule has 0 radical (unpaired) electrons. The third-order valence-electron chi connectivity index (χ3n) is 4.16. The summed E-state index contributed by atoms with van der Waals surface area (Å²) in [5.41, 5.74) is 1.56. The molecule has 1 aromatic heterocycles. The number of methoxy groups -OCH3 is 3. The van der Waals surface area contributed by atoms with Gasteiger partial charge in [0.05, 0.1) is 54.0 Å². The Bertz CT molecular complexity index is 977. The zero-order chi connectivity index (χ0) is 20.8. The van der Waals surface area contributed by atoms with Crippen LogP contribution in [0, 0.1) is 0 Å². The molecule has 0 spiro atoms. The van der Waals surface area contributed by atoms with Crippen LogP contribution < -0.4 is 14.8 Å². The van der Waals surface area contributed by atoms with E-state index in [0.717, 1.165) is 20.7 Å². The van der Waals surface area contributed by atoms with Crippen molar-refractivity contribution >= 4 is 43.4 Å². The molecule has 0 aliphatic heterocycles. The molecule has 1 atom stereocenters. The number of fused-ring (bicyclic) bond motifs is 1. The first-order chi connectivity index (χ1) is 14.0. The van der Waals surface area contributed by atoms with Gasteiger partial charge in [-0.05, 0) is 17.7 Å². The lowest BCUT2D eigenvalue weighted by atomic mass is 10.1. The predicted molar refractivity (Wildman–Crippen MR) is 115 cm³/mol. The van der Waals surface area contributed by atoms with Gasteiger partial charge in [-0.2, -0.15) is 0 Å². The van der Waals surface area contributed by atoms with Crippen molar-refractivity contribution in [3.8, 4) is 11.5 Å². The van der Waals surface area contributed by atoms with Gasteiger partial charge in [0.1, 0.15) is 0 Å². The number of amides is 1. The quantitative estimate of drug-likeness (QED) is 0.556.